The normalized spacial score (nSPS) is 15.1. The molecule has 3 rings (SSSR count). The van der Waals surface area contributed by atoms with Crippen LogP contribution in [-0.2, 0) is 25.7 Å². The second-order valence-electron chi connectivity index (χ2n) is 8.38. The number of nitrogens with zero attached hydrogens (tertiary/aromatic N) is 3. The van der Waals surface area contributed by atoms with E-state index in [0.29, 0.717) is 5.56 Å². The third kappa shape index (κ3) is 6.52. The maximum Gasteiger partial charge on any atom is 0.573 e. The molecule has 2 aromatic rings. The number of hydrogen-bond acceptors (Lipinski definition) is 8. The fourth-order valence-corrected chi connectivity index (χ4v) is 3.51. The van der Waals surface area contributed by atoms with Crippen LogP contribution in [0.3, 0.4) is 0 Å². The largest absolute Gasteiger partial charge is 0.573 e. The predicted octanol–water partition coefficient (Wildman–Crippen LogP) is 2.43. The van der Waals surface area contributed by atoms with Gasteiger partial charge in [0.25, 0.3) is 5.91 Å². The average Bonchev–Trinajstić information content (AvgIpc) is 2.99. The molecule has 1 aromatic carbocycles. The Hall–Kier alpha value is -4.20. The third-order valence-corrected chi connectivity index (χ3v) is 5.42. The molecule has 1 saturated heterocycles. The number of carbonyl (C=O) groups excluding carboxylic acids is 4. The van der Waals surface area contributed by atoms with E-state index in [4.69, 9.17) is 0 Å². The van der Waals surface area contributed by atoms with Crippen molar-refractivity contribution in [2.75, 3.05) is 30.4 Å². The minimum absolute atomic E-state index is 0.0763. The van der Waals surface area contributed by atoms with Crippen LogP contribution in [0.2, 0.25) is 0 Å². The highest BCUT2D eigenvalue weighted by Gasteiger charge is 2.52. The first kappa shape index (κ1) is 27.4. The Morgan fingerprint density at radius 3 is 2.38 bits per heavy atom. The third-order valence-electron chi connectivity index (χ3n) is 5.42. The van der Waals surface area contributed by atoms with Crippen LogP contribution < -0.4 is 20.3 Å². The average molecular weight is 523 g/mol. The number of ether oxygens (including phenoxy) is 2. The molecule has 0 aliphatic carbocycles. The summed E-state index contributed by atoms with van der Waals surface area (Å²) in [5.41, 5.74) is -1.08. The lowest BCUT2D eigenvalue weighted by Gasteiger charge is -2.27. The molecule has 0 radical (unpaired) electrons. The summed E-state index contributed by atoms with van der Waals surface area (Å²) in [7, 11) is 1.15. The van der Waals surface area contributed by atoms with Gasteiger partial charge in [0.15, 0.2) is 5.75 Å². The molecule has 11 nitrogen and oxygen atoms in total. The molecule has 198 valence electrons. The number of amides is 4. The van der Waals surface area contributed by atoms with Gasteiger partial charge >= 0.3 is 18.4 Å². The van der Waals surface area contributed by atoms with Crippen LogP contribution in [0.25, 0.3) is 0 Å². The lowest BCUT2D eigenvalue weighted by molar-refractivity contribution is -0.274. The number of urea groups is 1. The summed E-state index contributed by atoms with van der Waals surface area (Å²) in [6, 6.07) is 5.69. The number of esters is 1. The highest BCUT2D eigenvalue weighted by Crippen LogP contribution is 2.38. The number of halogens is 3. The van der Waals surface area contributed by atoms with Crippen molar-refractivity contribution in [1.82, 2.24) is 15.2 Å². The molecule has 1 aromatic heterocycles. The molecule has 0 unspecified atom stereocenters. The monoisotopic (exact) mass is 523 g/mol. The number of pyridine rings is 1. The summed E-state index contributed by atoms with van der Waals surface area (Å²) in [6.07, 6.45) is -2.00. The van der Waals surface area contributed by atoms with E-state index in [1.54, 1.807) is 26.0 Å². The summed E-state index contributed by atoms with van der Waals surface area (Å²) < 4.78 is 47.3. The first-order valence-corrected chi connectivity index (χ1v) is 10.9. The lowest BCUT2D eigenvalue weighted by atomic mass is 10.0. The Morgan fingerprint density at radius 1 is 1.08 bits per heavy atom. The smallest absolute Gasteiger partial charge is 0.468 e. The lowest BCUT2D eigenvalue weighted by Crippen LogP contribution is -2.43. The number of hydrogen-bond donors (Lipinski definition) is 2. The van der Waals surface area contributed by atoms with Gasteiger partial charge in [-0.2, -0.15) is 0 Å². The van der Waals surface area contributed by atoms with Crippen LogP contribution in [0.5, 0.6) is 5.75 Å². The molecular formula is C23H24F3N5O6. The van der Waals surface area contributed by atoms with Gasteiger partial charge in [0.2, 0.25) is 5.91 Å². The van der Waals surface area contributed by atoms with E-state index < -0.39 is 53.7 Å². The first-order valence-electron chi connectivity index (χ1n) is 10.9. The van der Waals surface area contributed by atoms with Gasteiger partial charge in [-0.1, -0.05) is 0 Å². The zero-order chi connectivity index (χ0) is 27.4. The number of carbonyl (C=O) groups is 4. The van der Waals surface area contributed by atoms with Crippen molar-refractivity contribution in [1.29, 1.82) is 0 Å². The van der Waals surface area contributed by atoms with Crippen molar-refractivity contribution in [3.63, 3.8) is 0 Å². The minimum atomic E-state index is -5.08. The quantitative estimate of drug-likeness (QED) is 0.379. The Labute approximate surface area is 209 Å². The van der Waals surface area contributed by atoms with E-state index in [1.807, 2.05) is 0 Å². The van der Waals surface area contributed by atoms with Crippen LogP contribution in [0.1, 0.15) is 19.4 Å². The zero-order valence-electron chi connectivity index (χ0n) is 20.1. The molecule has 2 N–H and O–H groups in total. The van der Waals surface area contributed by atoms with Gasteiger partial charge in [-0.05, 0) is 49.7 Å². The molecule has 1 aliphatic heterocycles. The number of anilines is 2. The van der Waals surface area contributed by atoms with E-state index in [9.17, 15) is 32.3 Å². The van der Waals surface area contributed by atoms with Crippen LogP contribution in [0.15, 0.2) is 42.7 Å². The predicted molar refractivity (Wildman–Crippen MR) is 123 cm³/mol. The van der Waals surface area contributed by atoms with E-state index in [1.165, 1.54) is 17.3 Å². The molecule has 0 atom stereocenters. The van der Waals surface area contributed by atoms with Gasteiger partial charge < -0.3 is 19.7 Å². The second kappa shape index (κ2) is 10.8. The van der Waals surface area contributed by atoms with Crippen LogP contribution in [0, 0.1) is 0 Å². The van der Waals surface area contributed by atoms with E-state index in [-0.39, 0.29) is 18.8 Å². The number of aromatic nitrogens is 1. The number of imide groups is 1. The Morgan fingerprint density at radius 2 is 1.76 bits per heavy atom. The fourth-order valence-electron chi connectivity index (χ4n) is 3.51. The molecular weight excluding hydrogens is 499 g/mol. The summed E-state index contributed by atoms with van der Waals surface area (Å²) in [5.74, 6) is -2.84. The van der Waals surface area contributed by atoms with Crippen molar-refractivity contribution in [3.8, 4) is 5.75 Å². The highest BCUT2D eigenvalue weighted by molar-refractivity contribution is 6.23. The number of methoxy groups -OCH3 is 1. The topological polar surface area (TPSA) is 130 Å². The van der Waals surface area contributed by atoms with Gasteiger partial charge in [-0.15, -0.1) is 13.2 Å². The van der Waals surface area contributed by atoms with Crippen molar-refractivity contribution in [2.24, 2.45) is 0 Å². The van der Waals surface area contributed by atoms with Gasteiger partial charge in [-0.3, -0.25) is 24.7 Å². The summed E-state index contributed by atoms with van der Waals surface area (Å²) in [6.45, 7) is 2.42. The van der Waals surface area contributed by atoms with E-state index >= 15 is 0 Å². The van der Waals surface area contributed by atoms with Gasteiger partial charge in [0.1, 0.15) is 5.54 Å². The molecule has 0 spiro atoms. The molecule has 0 saturated carbocycles. The van der Waals surface area contributed by atoms with Crippen molar-refractivity contribution in [3.05, 3.63) is 48.3 Å². The maximum absolute atomic E-state index is 13.3. The molecule has 37 heavy (non-hydrogen) atoms. The van der Waals surface area contributed by atoms with Crippen molar-refractivity contribution >= 4 is 35.2 Å². The molecule has 1 aliphatic rings. The van der Waals surface area contributed by atoms with Crippen molar-refractivity contribution in [2.45, 2.75) is 32.3 Å². The summed E-state index contributed by atoms with van der Waals surface area (Å²) in [5, 5.41) is 4.71. The molecule has 4 amide bonds. The van der Waals surface area contributed by atoms with Gasteiger partial charge in [-0.25, -0.2) is 9.69 Å². The van der Waals surface area contributed by atoms with Gasteiger partial charge in [0.05, 0.1) is 31.6 Å². The Bertz CT molecular complexity index is 1190. The fraction of sp³-hybridized carbons (Fsp3) is 0.348. The maximum atomic E-state index is 13.3. The van der Waals surface area contributed by atoms with Crippen LogP contribution in [0.4, 0.5) is 29.3 Å². The standard InChI is InChI=1S/C23H24F3N5O6/c1-22(2)20(34)31(21(35)30(22)13-14-6-8-27-9-7-14)15-4-5-17(37-23(24,25)26)16(10-15)29-18(32)11-28-12-19(33)36-3/h4-10,28H,11-13H2,1-3H3,(H,29,32). The summed E-state index contributed by atoms with van der Waals surface area (Å²) >= 11 is 0. The van der Waals surface area contributed by atoms with E-state index in [2.05, 4.69) is 25.1 Å². The van der Waals surface area contributed by atoms with Crippen LogP contribution >= 0.6 is 0 Å². The SMILES string of the molecule is COC(=O)CNCC(=O)Nc1cc(N2C(=O)N(Cc3ccncc3)C(C)(C)C2=O)ccc1OC(F)(F)F. The Kier molecular flexibility index (Phi) is 8.01. The number of benzene rings is 1. The zero-order valence-corrected chi connectivity index (χ0v) is 20.1. The van der Waals surface area contributed by atoms with Crippen LogP contribution in [-0.4, -0.2) is 65.8 Å². The highest BCUT2D eigenvalue weighted by atomic mass is 19.4. The van der Waals surface area contributed by atoms with E-state index in [0.717, 1.165) is 30.2 Å². The summed E-state index contributed by atoms with van der Waals surface area (Å²) in [4.78, 5) is 56.0. The molecule has 1 fully saturated rings. The molecule has 0 bridgehead atoms. The molecule has 14 heteroatoms. The molecule has 2 heterocycles. The second-order valence-corrected chi connectivity index (χ2v) is 8.38. The first-order chi connectivity index (χ1) is 17.3. The number of alkyl halides is 3. The number of rotatable bonds is 9. The van der Waals surface area contributed by atoms with Gasteiger partial charge in [0, 0.05) is 18.9 Å². The number of nitrogens with one attached hydrogen (secondary N) is 2. The van der Waals surface area contributed by atoms with Crippen molar-refractivity contribution < 1.29 is 41.8 Å². The minimum Gasteiger partial charge on any atom is -0.468 e. The Balaban J connectivity index is 1.89.